The average Bonchev–Trinajstić information content (AvgIpc) is 2.96. The molecule has 0 aromatic heterocycles. The van der Waals surface area contributed by atoms with Gasteiger partial charge in [-0.05, 0) is 79.1 Å². The number of sulfonamides is 1. The van der Waals surface area contributed by atoms with Gasteiger partial charge in [0.2, 0.25) is 11.8 Å². The van der Waals surface area contributed by atoms with Gasteiger partial charge in [0, 0.05) is 24.5 Å². The first-order chi connectivity index (χ1) is 20.0. The highest BCUT2D eigenvalue weighted by molar-refractivity contribution is 7.90. The van der Waals surface area contributed by atoms with Crippen LogP contribution in [0.1, 0.15) is 29.8 Å². The Bertz CT molecular complexity index is 1740. The number of hydrogen-bond donors (Lipinski definition) is 3. The van der Waals surface area contributed by atoms with Gasteiger partial charge in [0.15, 0.2) is 0 Å². The molecule has 0 aliphatic rings. The number of benzene rings is 4. The van der Waals surface area contributed by atoms with Gasteiger partial charge in [0.1, 0.15) is 11.7 Å². The molecule has 1 atom stereocenters. The molecule has 3 amide bonds. The number of nitrogens with zero attached hydrogens (tertiary/aromatic N) is 1. The number of carbonyl (C=O) groups is 3. The fourth-order valence-electron chi connectivity index (χ4n) is 4.54. The van der Waals surface area contributed by atoms with Gasteiger partial charge >= 0.3 is 0 Å². The zero-order valence-electron chi connectivity index (χ0n) is 23.1. The second-order valence-electron chi connectivity index (χ2n) is 9.63. The van der Waals surface area contributed by atoms with E-state index in [9.17, 15) is 27.2 Å². The molecule has 1 unspecified atom stereocenters. The number of nitrogen functional groups attached to an aromatic ring is 1. The Labute approximate surface area is 243 Å². The van der Waals surface area contributed by atoms with E-state index >= 15 is 0 Å². The Balaban J connectivity index is 1.53. The highest BCUT2D eigenvalue weighted by Gasteiger charge is 2.33. The fourth-order valence-corrected chi connectivity index (χ4v) is 5.60. The summed E-state index contributed by atoms with van der Waals surface area (Å²) in [5.41, 5.74) is 6.82. The van der Waals surface area contributed by atoms with Crippen molar-refractivity contribution < 1.29 is 27.2 Å². The molecule has 4 rings (SSSR count). The van der Waals surface area contributed by atoms with Gasteiger partial charge < -0.3 is 16.0 Å². The molecule has 42 heavy (non-hydrogen) atoms. The number of nitrogens with one attached hydrogen (secondary N) is 2. The first-order valence-electron chi connectivity index (χ1n) is 13.3. The fraction of sp³-hybridized carbons (Fsp3) is 0.194. The Morgan fingerprint density at radius 1 is 0.881 bits per heavy atom. The summed E-state index contributed by atoms with van der Waals surface area (Å²) in [6.07, 6.45) is -0.0758. The molecule has 0 radical (unpaired) electrons. The third kappa shape index (κ3) is 6.92. The lowest BCUT2D eigenvalue weighted by Gasteiger charge is -2.25. The Hall–Kier alpha value is -4.77. The van der Waals surface area contributed by atoms with Crippen LogP contribution in [0.15, 0.2) is 89.8 Å². The van der Waals surface area contributed by atoms with E-state index in [0.29, 0.717) is 29.7 Å². The highest BCUT2D eigenvalue weighted by atomic mass is 32.2. The maximum atomic E-state index is 13.4. The van der Waals surface area contributed by atoms with E-state index in [1.807, 2.05) is 12.1 Å². The topological polar surface area (TPSA) is 139 Å². The standard InChI is InChI=1S/C31H31FN4O5S/c1-3-36(4-2)31(39)27(30(38)35-42(40,41)25-15-11-21-7-5-6-8-22(21)18-25)17-20-9-13-24(14-10-20)34-29(37)26-16-12-23(32)19-28(26)33/h5-16,18-19,27H,3-4,17,33H2,1-2H3,(H,34,37)(H,35,38). The lowest BCUT2D eigenvalue weighted by molar-refractivity contribution is -0.141. The minimum atomic E-state index is -4.27. The van der Waals surface area contributed by atoms with Crippen LogP contribution < -0.4 is 15.8 Å². The van der Waals surface area contributed by atoms with Crippen molar-refractivity contribution >= 4 is 49.9 Å². The quantitative estimate of drug-likeness (QED) is 0.186. The van der Waals surface area contributed by atoms with Crippen molar-refractivity contribution in [2.45, 2.75) is 25.2 Å². The Morgan fingerprint density at radius 3 is 2.19 bits per heavy atom. The zero-order valence-corrected chi connectivity index (χ0v) is 24.0. The summed E-state index contributed by atoms with van der Waals surface area (Å²) in [4.78, 5) is 40.7. The Kier molecular flexibility index (Phi) is 9.21. The molecule has 0 spiro atoms. The molecular formula is C31H31FN4O5S. The molecule has 0 saturated heterocycles. The molecule has 9 nitrogen and oxygen atoms in total. The number of hydrogen-bond acceptors (Lipinski definition) is 6. The lowest BCUT2D eigenvalue weighted by Crippen LogP contribution is -2.46. The van der Waals surface area contributed by atoms with Crippen molar-refractivity contribution in [3.05, 3.63) is 102 Å². The summed E-state index contributed by atoms with van der Waals surface area (Å²) < 4.78 is 41.7. The summed E-state index contributed by atoms with van der Waals surface area (Å²) in [5, 5.41) is 4.21. The minimum Gasteiger partial charge on any atom is -0.398 e. The number of amides is 3. The molecule has 0 aliphatic carbocycles. The van der Waals surface area contributed by atoms with Gasteiger partial charge in [-0.3, -0.25) is 14.4 Å². The normalized spacial score (nSPS) is 12.0. The van der Waals surface area contributed by atoms with Crippen molar-refractivity contribution in [1.29, 1.82) is 0 Å². The number of anilines is 2. The zero-order chi connectivity index (χ0) is 30.4. The van der Waals surface area contributed by atoms with E-state index in [0.717, 1.165) is 17.5 Å². The predicted octanol–water partition coefficient (Wildman–Crippen LogP) is 4.35. The summed E-state index contributed by atoms with van der Waals surface area (Å²) in [5.74, 6) is -3.86. The molecule has 0 saturated carbocycles. The van der Waals surface area contributed by atoms with Crippen molar-refractivity contribution in [3.63, 3.8) is 0 Å². The molecular weight excluding hydrogens is 559 g/mol. The van der Waals surface area contributed by atoms with Crippen molar-refractivity contribution in [1.82, 2.24) is 9.62 Å². The van der Waals surface area contributed by atoms with Crippen LogP contribution in [0, 0.1) is 11.7 Å². The van der Waals surface area contributed by atoms with Gasteiger partial charge in [0.25, 0.3) is 15.9 Å². The molecule has 0 fully saturated rings. The van der Waals surface area contributed by atoms with Crippen molar-refractivity contribution in [2.24, 2.45) is 5.92 Å². The van der Waals surface area contributed by atoms with E-state index < -0.39 is 39.5 Å². The Morgan fingerprint density at radius 2 is 1.55 bits per heavy atom. The minimum absolute atomic E-state index is 0.00784. The first kappa shape index (κ1) is 30.2. The number of halogens is 1. The maximum absolute atomic E-state index is 13.4. The van der Waals surface area contributed by atoms with Crippen LogP contribution in [0.3, 0.4) is 0 Å². The largest absolute Gasteiger partial charge is 0.398 e. The number of fused-ring (bicyclic) bond motifs is 1. The summed E-state index contributed by atoms with van der Waals surface area (Å²) >= 11 is 0. The number of carbonyl (C=O) groups excluding carboxylic acids is 3. The van der Waals surface area contributed by atoms with Crippen LogP contribution in [0.5, 0.6) is 0 Å². The van der Waals surface area contributed by atoms with Crippen molar-refractivity contribution in [2.75, 3.05) is 24.1 Å². The maximum Gasteiger partial charge on any atom is 0.264 e. The molecule has 0 heterocycles. The molecule has 4 aromatic carbocycles. The molecule has 4 N–H and O–H groups in total. The van der Waals surface area contributed by atoms with E-state index in [4.69, 9.17) is 5.73 Å². The third-order valence-electron chi connectivity index (χ3n) is 6.87. The highest BCUT2D eigenvalue weighted by Crippen LogP contribution is 2.21. The van der Waals surface area contributed by atoms with Crippen LogP contribution >= 0.6 is 0 Å². The van der Waals surface area contributed by atoms with E-state index in [1.165, 1.54) is 23.1 Å². The van der Waals surface area contributed by atoms with Gasteiger partial charge in [-0.25, -0.2) is 17.5 Å². The van der Waals surface area contributed by atoms with Gasteiger partial charge in [0.05, 0.1) is 10.5 Å². The van der Waals surface area contributed by atoms with Crippen LogP contribution in [0.2, 0.25) is 0 Å². The summed E-state index contributed by atoms with van der Waals surface area (Å²) in [7, 11) is -4.27. The smallest absolute Gasteiger partial charge is 0.264 e. The average molecular weight is 591 g/mol. The molecule has 4 aromatic rings. The second-order valence-corrected chi connectivity index (χ2v) is 11.3. The second kappa shape index (κ2) is 12.8. The van der Waals surface area contributed by atoms with Gasteiger partial charge in [-0.15, -0.1) is 0 Å². The van der Waals surface area contributed by atoms with Crippen molar-refractivity contribution in [3.8, 4) is 0 Å². The molecule has 0 bridgehead atoms. The molecule has 218 valence electrons. The third-order valence-corrected chi connectivity index (χ3v) is 8.21. The van der Waals surface area contributed by atoms with Gasteiger partial charge in [-0.2, -0.15) is 0 Å². The monoisotopic (exact) mass is 590 g/mol. The SMILES string of the molecule is CCN(CC)C(=O)C(Cc1ccc(NC(=O)c2ccc(F)cc2N)cc1)C(=O)NS(=O)(=O)c1ccc2ccccc2c1. The van der Waals surface area contributed by atoms with Crippen LogP contribution in [0.25, 0.3) is 10.8 Å². The molecule has 0 aliphatic heterocycles. The molecule has 11 heteroatoms. The van der Waals surface area contributed by atoms with E-state index in [-0.39, 0.29) is 22.6 Å². The number of nitrogens with two attached hydrogens (primary N) is 1. The van der Waals surface area contributed by atoms with Crippen LogP contribution in [-0.2, 0) is 26.0 Å². The van der Waals surface area contributed by atoms with E-state index in [1.54, 1.807) is 56.3 Å². The lowest BCUT2D eigenvalue weighted by atomic mass is 9.97. The number of rotatable bonds is 10. The first-order valence-corrected chi connectivity index (χ1v) is 14.8. The van der Waals surface area contributed by atoms with Crippen LogP contribution in [0.4, 0.5) is 15.8 Å². The van der Waals surface area contributed by atoms with Gasteiger partial charge in [-0.1, -0.05) is 42.5 Å². The van der Waals surface area contributed by atoms with E-state index in [2.05, 4.69) is 10.0 Å². The predicted molar refractivity (Wildman–Crippen MR) is 160 cm³/mol. The summed E-state index contributed by atoms with van der Waals surface area (Å²) in [6.45, 7) is 4.23. The summed E-state index contributed by atoms with van der Waals surface area (Å²) in [6, 6.07) is 21.6. The van der Waals surface area contributed by atoms with Crippen LogP contribution in [-0.4, -0.2) is 44.1 Å².